The van der Waals surface area contributed by atoms with Gasteiger partial charge in [0.25, 0.3) is 5.56 Å². The van der Waals surface area contributed by atoms with Gasteiger partial charge in [0.15, 0.2) is 0 Å². The van der Waals surface area contributed by atoms with Gasteiger partial charge in [-0.05, 0) is 24.1 Å². The van der Waals surface area contributed by atoms with Crippen LogP contribution in [0.1, 0.15) is 18.5 Å². The summed E-state index contributed by atoms with van der Waals surface area (Å²) in [6, 6.07) is 20.9. The van der Waals surface area contributed by atoms with E-state index >= 15 is 0 Å². The average Bonchev–Trinajstić information content (AvgIpc) is 2.69. The normalized spacial score (nSPS) is 12.2. The summed E-state index contributed by atoms with van der Waals surface area (Å²) in [5, 5.41) is 10.9. The number of aromatic hydroxyl groups is 1. The molecule has 0 aliphatic carbocycles. The van der Waals surface area contributed by atoms with Crippen LogP contribution in [0.25, 0.3) is 22.0 Å². The number of pyridine rings is 2. The van der Waals surface area contributed by atoms with Crippen LogP contribution in [-0.2, 0) is 0 Å². The molecule has 128 valence electrons. The molecule has 2 aromatic heterocycles. The Hall–Kier alpha value is -3.40. The standard InChI is InChI=1S/C22H18N2O2/c1-15(16-8-4-2-5-9-16)24-20-13-23-14-21(25)19(20)12-18(22(24)26)17-10-6-3-7-11-17/h2-15,25H,1H3/t15-/m1/s1. The lowest BCUT2D eigenvalue weighted by Gasteiger charge is -2.20. The Morgan fingerprint density at radius 3 is 2.31 bits per heavy atom. The van der Waals surface area contributed by atoms with Crippen LogP contribution in [0.3, 0.4) is 0 Å². The van der Waals surface area contributed by atoms with Gasteiger partial charge in [-0.25, -0.2) is 0 Å². The van der Waals surface area contributed by atoms with Crippen LogP contribution in [0, 0.1) is 0 Å². The van der Waals surface area contributed by atoms with Gasteiger partial charge in [0.2, 0.25) is 0 Å². The SMILES string of the molecule is C[C@H](c1ccccc1)n1c(=O)c(-c2ccccc2)cc2c(O)cncc21. The molecule has 0 unspecified atom stereocenters. The summed E-state index contributed by atoms with van der Waals surface area (Å²) >= 11 is 0. The van der Waals surface area contributed by atoms with Crippen LogP contribution in [0.5, 0.6) is 5.75 Å². The van der Waals surface area contributed by atoms with E-state index in [9.17, 15) is 9.90 Å². The fourth-order valence-corrected chi connectivity index (χ4v) is 3.32. The van der Waals surface area contributed by atoms with Crippen molar-refractivity contribution in [3.05, 3.63) is 95.0 Å². The second-order valence-electron chi connectivity index (χ2n) is 6.28. The highest BCUT2D eigenvalue weighted by atomic mass is 16.3. The van der Waals surface area contributed by atoms with Gasteiger partial charge in [-0.1, -0.05) is 60.7 Å². The highest BCUT2D eigenvalue weighted by Gasteiger charge is 2.18. The van der Waals surface area contributed by atoms with Crippen molar-refractivity contribution in [1.82, 2.24) is 9.55 Å². The summed E-state index contributed by atoms with van der Waals surface area (Å²) in [4.78, 5) is 17.4. The zero-order valence-corrected chi connectivity index (χ0v) is 14.3. The number of nitrogens with zero attached hydrogens (tertiary/aromatic N) is 2. The summed E-state index contributed by atoms with van der Waals surface area (Å²) in [5.74, 6) is 0.0636. The van der Waals surface area contributed by atoms with E-state index in [0.29, 0.717) is 16.5 Å². The van der Waals surface area contributed by atoms with Gasteiger partial charge < -0.3 is 5.11 Å². The summed E-state index contributed by atoms with van der Waals surface area (Å²) in [6.45, 7) is 1.98. The molecule has 0 fully saturated rings. The van der Waals surface area contributed by atoms with Gasteiger partial charge in [-0.3, -0.25) is 14.3 Å². The van der Waals surface area contributed by atoms with Crippen molar-refractivity contribution in [2.24, 2.45) is 0 Å². The van der Waals surface area contributed by atoms with Crippen LogP contribution in [-0.4, -0.2) is 14.7 Å². The monoisotopic (exact) mass is 342 g/mol. The number of hydrogen-bond donors (Lipinski definition) is 1. The van der Waals surface area contributed by atoms with Crippen molar-refractivity contribution in [1.29, 1.82) is 0 Å². The molecule has 4 aromatic rings. The van der Waals surface area contributed by atoms with E-state index in [1.807, 2.05) is 67.6 Å². The van der Waals surface area contributed by atoms with Gasteiger partial charge in [0, 0.05) is 10.9 Å². The predicted molar refractivity (Wildman–Crippen MR) is 103 cm³/mol. The Balaban J connectivity index is 2.06. The van der Waals surface area contributed by atoms with E-state index in [2.05, 4.69) is 4.98 Å². The van der Waals surface area contributed by atoms with Crippen molar-refractivity contribution >= 4 is 10.9 Å². The van der Waals surface area contributed by atoms with Crippen molar-refractivity contribution < 1.29 is 5.11 Å². The van der Waals surface area contributed by atoms with E-state index < -0.39 is 0 Å². The highest BCUT2D eigenvalue weighted by molar-refractivity contribution is 5.88. The molecule has 2 heterocycles. The van der Waals surface area contributed by atoms with Crippen LogP contribution in [0.4, 0.5) is 0 Å². The molecule has 0 radical (unpaired) electrons. The minimum absolute atomic E-state index is 0.0636. The topological polar surface area (TPSA) is 55.1 Å². The Labute approximate surface area is 151 Å². The molecule has 4 heteroatoms. The molecule has 0 aliphatic rings. The molecule has 0 spiro atoms. The third kappa shape index (κ3) is 2.65. The first-order valence-electron chi connectivity index (χ1n) is 8.49. The Morgan fingerprint density at radius 1 is 0.962 bits per heavy atom. The number of fused-ring (bicyclic) bond motifs is 1. The van der Waals surface area contributed by atoms with Gasteiger partial charge in [0.1, 0.15) is 5.75 Å². The third-order valence-corrected chi connectivity index (χ3v) is 4.70. The molecule has 0 saturated carbocycles. The maximum atomic E-state index is 13.4. The summed E-state index contributed by atoms with van der Waals surface area (Å²) in [5.41, 5.74) is 2.91. The Morgan fingerprint density at radius 2 is 1.62 bits per heavy atom. The average molecular weight is 342 g/mol. The first-order valence-corrected chi connectivity index (χ1v) is 8.49. The highest BCUT2D eigenvalue weighted by Crippen LogP contribution is 2.29. The maximum absolute atomic E-state index is 13.4. The van der Waals surface area contributed by atoms with Gasteiger partial charge in [0.05, 0.1) is 24.0 Å². The second-order valence-corrected chi connectivity index (χ2v) is 6.28. The Kier molecular flexibility index (Phi) is 4.01. The molecule has 1 N–H and O–H groups in total. The lowest BCUT2D eigenvalue weighted by Crippen LogP contribution is -2.26. The van der Waals surface area contributed by atoms with Gasteiger partial charge in [-0.2, -0.15) is 0 Å². The summed E-state index contributed by atoms with van der Waals surface area (Å²) in [7, 11) is 0. The van der Waals surface area contributed by atoms with E-state index in [4.69, 9.17) is 0 Å². The number of aromatic nitrogens is 2. The smallest absolute Gasteiger partial charge is 0.259 e. The molecule has 0 bridgehead atoms. The molecule has 2 aromatic carbocycles. The fourth-order valence-electron chi connectivity index (χ4n) is 3.32. The Bertz CT molecular complexity index is 1120. The van der Waals surface area contributed by atoms with Crippen LogP contribution < -0.4 is 5.56 Å². The van der Waals surface area contributed by atoms with Crippen molar-refractivity contribution in [3.8, 4) is 16.9 Å². The van der Waals surface area contributed by atoms with Gasteiger partial charge in [-0.15, -0.1) is 0 Å². The number of rotatable bonds is 3. The third-order valence-electron chi connectivity index (χ3n) is 4.70. The molecular weight excluding hydrogens is 324 g/mol. The number of hydrogen-bond acceptors (Lipinski definition) is 3. The van der Waals surface area contributed by atoms with Crippen molar-refractivity contribution in [2.45, 2.75) is 13.0 Å². The first kappa shape index (κ1) is 16.1. The maximum Gasteiger partial charge on any atom is 0.259 e. The molecule has 0 aliphatic heterocycles. The zero-order valence-electron chi connectivity index (χ0n) is 14.3. The first-order chi connectivity index (χ1) is 12.7. The van der Waals surface area contributed by atoms with Crippen LogP contribution in [0.2, 0.25) is 0 Å². The molecule has 26 heavy (non-hydrogen) atoms. The van der Waals surface area contributed by atoms with Crippen molar-refractivity contribution in [2.75, 3.05) is 0 Å². The molecule has 4 nitrogen and oxygen atoms in total. The minimum Gasteiger partial charge on any atom is -0.506 e. The lowest BCUT2D eigenvalue weighted by atomic mass is 10.0. The molecule has 1 atom stereocenters. The van der Waals surface area contributed by atoms with E-state index in [-0.39, 0.29) is 17.4 Å². The van der Waals surface area contributed by atoms with E-state index in [1.54, 1.807) is 16.8 Å². The summed E-state index contributed by atoms with van der Waals surface area (Å²) < 4.78 is 1.71. The van der Waals surface area contributed by atoms with Crippen LogP contribution >= 0.6 is 0 Å². The quantitative estimate of drug-likeness (QED) is 0.601. The molecule has 4 rings (SSSR count). The van der Waals surface area contributed by atoms with E-state index in [0.717, 1.165) is 11.1 Å². The lowest BCUT2D eigenvalue weighted by molar-refractivity contribution is 0.478. The van der Waals surface area contributed by atoms with Crippen molar-refractivity contribution in [3.63, 3.8) is 0 Å². The van der Waals surface area contributed by atoms with E-state index in [1.165, 1.54) is 6.20 Å². The zero-order chi connectivity index (χ0) is 18.1. The summed E-state index contributed by atoms with van der Waals surface area (Å²) in [6.07, 6.45) is 3.03. The second kappa shape index (κ2) is 6.48. The molecular formula is C22H18N2O2. The number of benzene rings is 2. The minimum atomic E-state index is -0.196. The molecule has 0 saturated heterocycles. The molecule has 0 amide bonds. The van der Waals surface area contributed by atoms with Gasteiger partial charge >= 0.3 is 0 Å². The predicted octanol–water partition coefficient (Wildman–Crippen LogP) is 4.38. The fraction of sp³-hybridized carbons (Fsp3) is 0.0909. The van der Waals surface area contributed by atoms with Crippen LogP contribution in [0.15, 0.2) is 83.9 Å². The largest absolute Gasteiger partial charge is 0.506 e.